The fraction of sp³-hybridized carbons (Fsp3) is 0.483. The van der Waals surface area contributed by atoms with Crippen LogP contribution in [-0.2, 0) is 19.1 Å². The third kappa shape index (κ3) is 4.43. The molecule has 5 atom stereocenters. The molecule has 2 bridgehead atoms. The van der Waals surface area contributed by atoms with Crippen LogP contribution in [0.5, 0.6) is 5.75 Å². The summed E-state index contributed by atoms with van der Waals surface area (Å²) in [6.45, 7) is 2.31. The highest BCUT2D eigenvalue weighted by atomic mass is 16.5. The molecule has 0 radical (unpaired) electrons. The fourth-order valence-corrected chi connectivity index (χ4v) is 6.56. The molecule has 3 fully saturated rings. The summed E-state index contributed by atoms with van der Waals surface area (Å²) in [5, 5.41) is 15.1. The average Bonchev–Trinajstić information content (AvgIpc) is 3.48. The van der Waals surface area contributed by atoms with Crippen molar-refractivity contribution in [1.29, 1.82) is 0 Å². The lowest BCUT2D eigenvalue weighted by Gasteiger charge is -2.33. The Bertz CT molecular complexity index is 1190. The van der Waals surface area contributed by atoms with Gasteiger partial charge < -0.3 is 30.1 Å². The van der Waals surface area contributed by atoms with E-state index in [4.69, 9.17) is 9.47 Å². The average molecular weight is 522 g/mol. The molecule has 5 rings (SSSR count). The van der Waals surface area contributed by atoms with E-state index in [1.807, 2.05) is 25.1 Å². The molecule has 1 spiro atoms. The first-order chi connectivity index (χ1) is 18.3. The van der Waals surface area contributed by atoms with Crippen molar-refractivity contribution in [3.05, 3.63) is 54.6 Å². The lowest BCUT2D eigenvalue weighted by molar-refractivity contribution is -0.143. The second kappa shape index (κ2) is 10.4. The third-order valence-electron chi connectivity index (χ3n) is 8.26. The normalized spacial score (nSPS) is 29.3. The predicted molar refractivity (Wildman–Crippen MR) is 142 cm³/mol. The van der Waals surface area contributed by atoms with Gasteiger partial charge in [0.15, 0.2) is 0 Å². The molecule has 3 N–H and O–H groups in total. The third-order valence-corrected chi connectivity index (χ3v) is 8.26. The first-order valence-electron chi connectivity index (χ1n) is 13.3. The van der Waals surface area contributed by atoms with Crippen LogP contribution in [0.4, 0.5) is 11.4 Å². The van der Waals surface area contributed by atoms with E-state index in [1.165, 1.54) is 0 Å². The van der Waals surface area contributed by atoms with Crippen molar-refractivity contribution in [2.45, 2.75) is 56.3 Å². The molecule has 3 heterocycles. The molecular weight excluding hydrogens is 486 g/mol. The van der Waals surface area contributed by atoms with E-state index in [0.717, 1.165) is 6.42 Å². The molecule has 202 valence electrons. The maximum atomic E-state index is 14.0. The topological polar surface area (TPSA) is 117 Å². The minimum atomic E-state index is -1.09. The van der Waals surface area contributed by atoms with Crippen molar-refractivity contribution in [3.8, 4) is 5.75 Å². The Morgan fingerprint density at radius 1 is 1.00 bits per heavy atom. The van der Waals surface area contributed by atoms with Crippen molar-refractivity contribution < 1.29 is 29.0 Å². The van der Waals surface area contributed by atoms with E-state index in [-0.39, 0.29) is 24.3 Å². The Morgan fingerprint density at radius 3 is 2.37 bits per heavy atom. The Labute approximate surface area is 222 Å². The highest BCUT2D eigenvalue weighted by Gasteiger charge is 2.77. The summed E-state index contributed by atoms with van der Waals surface area (Å²) in [7, 11) is 1.57. The van der Waals surface area contributed by atoms with Crippen LogP contribution in [0.2, 0.25) is 0 Å². The monoisotopic (exact) mass is 521 g/mol. The van der Waals surface area contributed by atoms with Crippen molar-refractivity contribution in [2.24, 2.45) is 11.8 Å². The van der Waals surface area contributed by atoms with Crippen LogP contribution in [0.3, 0.4) is 0 Å². The van der Waals surface area contributed by atoms with Gasteiger partial charge in [-0.15, -0.1) is 0 Å². The number of para-hydroxylation sites is 1. The van der Waals surface area contributed by atoms with Crippen LogP contribution in [0.15, 0.2) is 54.6 Å². The Hall–Kier alpha value is -3.43. The Kier molecular flexibility index (Phi) is 7.15. The number of aliphatic hydroxyl groups excluding tert-OH is 1. The number of nitrogens with zero attached hydrogens (tertiary/aromatic N) is 1. The zero-order valence-corrected chi connectivity index (χ0v) is 21.8. The molecule has 3 aliphatic heterocycles. The highest BCUT2D eigenvalue weighted by molar-refractivity contribution is 6.05. The molecule has 2 unspecified atom stereocenters. The minimum Gasteiger partial charge on any atom is -0.497 e. The molecule has 3 saturated heterocycles. The quantitative estimate of drug-likeness (QED) is 0.414. The van der Waals surface area contributed by atoms with E-state index < -0.39 is 29.1 Å². The van der Waals surface area contributed by atoms with Gasteiger partial charge in [0.25, 0.3) is 0 Å². The van der Waals surface area contributed by atoms with Crippen molar-refractivity contribution in [1.82, 2.24) is 4.90 Å². The molecule has 3 aliphatic rings. The first-order valence-corrected chi connectivity index (χ1v) is 13.3. The number of benzene rings is 2. The fourth-order valence-electron chi connectivity index (χ4n) is 6.56. The summed E-state index contributed by atoms with van der Waals surface area (Å²) in [4.78, 5) is 43.1. The Morgan fingerprint density at radius 2 is 1.68 bits per heavy atom. The van der Waals surface area contributed by atoms with Crippen LogP contribution in [0.1, 0.15) is 39.0 Å². The number of likely N-dealkylation sites (tertiary alicyclic amines) is 1. The van der Waals surface area contributed by atoms with Crippen LogP contribution >= 0.6 is 0 Å². The molecule has 0 aliphatic carbocycles. The van der Waals surface area contributed by atoms with Gasteiger partial charge in [-0.1, -0.05) is 18.2 Å². The molecule has 9 heteroatoms. The number of anilines is 2. The van der Waals surface area contributed by atoms with Gasteiger partial charge in [-0.2, -0.15) is 0 Å². The van der Waals surface area contributed by atoms with Crippen molar-refractivity contribution in [2.75, 3.05) is 30.9 Å². The second-order valence-electron chi connectivity index (χ2n) is 10.6. The summed E-state index contributed by atoms with van der Waals surface area (Å²) in [5.41, 5.74) is -0.697. The first kappa shape index (κ1) is 26.2. The van der Waals surface area contributed by atoms with Crippen molar-refractivity contribution in [3.63, 3.8) is 0 Å². The van der Waals surface area contributed by atoms with Crippen LogP contribution in [0, 0.1) is 11.8 Å². The SMILES string of the molecule is COc1ccc(NC(=O)C2N(CCCCCO)C(=O)[C@@H]3[C@@H](C(=O)Nc4ccccc4)[C@@]4(C)CCC23O4)cc1. The summed E-state index contributed by atoms with van der Waals surface area (Å²) < 4.78 is 11.8. The molecule has 9 nitrogen and oxygen atoms in total. The zero-order valence-electron chi connectivity index (χ0n) is 21.8. The smallest absolute Gasteiger partial charge is 0.250 e. The lowest BCUT2D eigenvalue weighted by Crippen LogP contribution is -2.53. The highest BCUT2D eigenvalue weighted by Crippen LogP contribution is 2.63. The summed E-state index contributed by atoms with van der Waals surface area (Å²) in [6.07, 6.45) is 3.08. The van der Waals surface area contributed by atoms with Gasteiger partial charge in [-0.3, -0.25) is 14.4 Å². The van der Waals surface area contributed by atoms with E-state index in [0.29, 0.717) is 49.4 Å². The van der Waals surface area contributed by atoms with Gasteiger partial charge in [-0.25, -0.2) is 0 Å². The van der Waals surface area contributed by atoms with E-state index in [1.54, 1.807) is 48.4 Å². The number of methoxy groups -OCH3 is 1. The number of nitrogens with one attached hydrogen (secondary N) is 2. The number of rotatable bonds is 10. The molecule has 0 aromatic heterocycles. The molecule has 2 aromatic carbocycles. The number of carbonyl (C=O) groups excluding carboxylic acids is 3. The second-order valence-corrected chi connectivity index (χ2v) is 10.6. The number of hydrogen-bond donors (Lipinski definition) is 3. The lowest BCUT2D eigenvalue weighted by atomic mass is 9.66. The number of fused-ring (bicyclic) bond motifs is 1. The van der Waals surface area contributed by atoms with E-state index in [9.17, 15) is 19.5 Å². The zero-order chi connectivity index (χ0) is 26.9. The van der Waals surface area contributed by atoms with Gasteiger partial charge in [0.05, 0.1) is 24.5 Å². The van der Waals surface area contributed by atoms with Gasteiger partial charge in [0.2, 0.25) is 17.7 Å². The number of amides is 3. The summed E-state index contributed by atoms with van der Waals surface area (Å²) in [6, 6.07) is 15.3. The number of aliphatic hydroxyl groups is 1. The van der Waals surface area contributed by atoms with E-state index in [2.05, 4.69) is 10.6 Å². The largest absolute Gasteiger partial charge is 0.497 e. The number of unbranched alkanes of at least 4 members (excludes halogenated alkanes) is 2. The van der Waals surface area contributed by atoms with E-state index >= 15 is 0 Å². The summed E-state index contributed by atoms with van der Waals surface area (Å²) in [5.74, 6) is -1.63. The molecule has 2 aromatic rings. The number of hydrogen-bond acceptors (Lipinski definition) is 6. The molecule has 0 saturated carbocycles. The van der Waals surface area contributed by atoms with Gasteiger partial charge in [0.1, 0.15) is 17.4 Å². The number of carbonyl (C=O) groups is 3. The Balaban J connectivity index is 1.45. The van der Waals surface area contributed by atoms with Gasteiger partial charge in [0, 0.05) is 24.5 Å². The maximum absolute atomic E-state index is 14.0. The van der Waals surface area contributed by atoms with Crippen LogP contribution < -0.4 is 15.4 Å². The molecule has 38 heavy (non-hydrogen) atoms. The van der Waals surface area contributed by atoms with Gasteiger partial charge in [-0.05, 0) is 75.4 Å². The summed E-state index contributed by atoms with van der Waals surface area (Å²) >= 11 is 0. The van der Waals surface area contributed by atoms with Crippen molar-refractivity contribution >= 4 is 29.1 Å². The molecular formula is C29H35N3O6. The molecule has 3 amide bonds. The minimum absolute atomic E-state index is 0.0745. The standard InChI is InChI=1S/C29H35N3O6/c1-28-15-16-29(38-28)23(22(28)25(34)30-19-9-5-3-6-10-19)27(36)32(17-7-4-8-18-33)24(29)26(35)31-20-11-13-21(37-2)14-12-20/h3,5-6,9-14,22-24,33H,4,7-8,15-18H2,1-2H3,(H,30,34)(H,31,35)/t22-,23-,24?,28+,29?/m0/s1. The van der Waals surface area contributed by atoms with Gasteiger partial charge >= 0.3 is 0 Å². The predicted octanol–water partition coefficient (Wildman–Crippen LogP) is 3.20. The number of ether oxygens (including phenoxy) is 2. The van der Waals surface area contributed by atoms with Crippen LogP contribution in [0.25, 0.3) is 0 Å². The van der Waals surface area contributed by atoms with Crippen LogP contribution in [-0.4, -0.2) is 65.2 Å². The maximum Gasteiger partial charge on any atom is 0.250 e.